The van der Waals surface area contributed by atoms with E-state index in [1.165, 1.54) is 24.8 Å². The Morgan fingerprint density at radius 2 is 1.86 bits per heavy atom. The van der Waals surface area contributed by atoms with E-state index in [0.29, 0.717) is 11.2 Å². The molecular weight excluding hydrogens is 575 g/mol. The molecule has 13 nitrogen and oxygen atoms in total. The van der Waals surface area contributed by atoms with Crippen molar-refractivity contribution in [2.24, 2.45) is 0 Å². The number of benzene rings is 2. The summed E-state index contributed by atoms with van der Waals surface area (Å²) in [7, 11) is 0. The largest absolute Gasteiger partial charge is 0.487 e. The fraction of sp³-hybridized carbons (Fsp3) is 0.300. The van der Waals surface area contributed by atoms with E-state index in [1.807, 2.05) is 36.4 Å². The molecule has 4 heterocycles. The lowest BCUT2D eigenvalue weighted by atomic mass is 10.1. The van der Waals surface area contributed by atoms with Crippen LogP contribution < -0.4 is 15.4 Å². The Morgan fingerprint density at radius 1 is 1.05 bits per heavy atom. The van der Waals surface area contributed by atoms with Crippen molar-refractivity contribution in [3.63, 3.8) is 0 Å². The van der Waals surface area contributed by atoms with E-state index in [4.69, 9.17) is 18.9 Å². The van der Waals surface area contributed by atoms with Gasteiger partial charge < -0.3 is 29.4 Å². The molecule has 3 N–H and O–H groups in total. The van der Waals surface area contributed by atoms with Gasteiger partial charge in [0.15, 0.2) is 41.1 Å². The number of para-hydroxylation sites is 1. The van der Waals surface area contributed by atoms with Crippen LogP contribution in [0, 0.1) is 5.82 Å². The Labute approximate surface area is 249 Å². The van der Waals surface area contributed by atoms with Crippen molar-refractivity contribution >= 4 is 35.1 Å². The number of rotatable bonds is 9. The molecule has 1 saturated carbocycles. The van der Waals surface area contributed by atoms with Gasteiger partial charge in [0.05, 0.1) is 6.33 Å². The number of carboxylic acids is 1. The normalized spacial score (nSPS) is 24.4. The maximum Gasteiger partial charge on any atom is 0.339 e. The Balaban J connectivity index is 1.16. The predicted octanol–water partition coefficient (Wildman–Crippen LogP) is 3.75. The molecule has 0 spiro atoms. The molecule has 2 saturated heterocycles. The van der Waals surface area contributed by atoms with Crippen LogP contribution >= 0.6 is 0 Å². The summed E-state index contributed by atoms with van der Waals surface area (Å²) >= 11 is 0. The lowest BCUT2D eigenvalue weighted by Gasteiger charge is -2.21. The summed E-state index contributed by atoms with van der Waals surface area (Å²) in [6, 6.07) is 13.1. The second-order valence-electron chi connectivity index (χ2n) is 10.6. The monoisotopic (exact) mass is 602 g/mol. The standard InChI is InChI=1S/C30H27FN6O7/c31-19-8-4-7-18(29(38)39)23(19)41-13-20-24-25(44-21(43-24)12-9-16-5-2-1-3-6-16)28(42-20)37-15-34-22-26(32-14-33-27(22)37)36-30(40)35-17-10-11-17/h1-9,12,14-15,17,20-21,24-25,28H,10-11,13H2,(H,38,39)(H2,32,33,35,36,40)/t20?,21-,24?,25?,28?/m0/s1. The van der Waals surface area contributed by atoms with Gasteiger partial charge >= 0.3 is 12.0 Å². The molecule has 4 unspecified atom stereocenters. The van der Waals surface area contributed by atoms with Crippen molar-refractivity contribution in [3.8, 4) is 5.75 Å². The first-order valence-corrected chi connectivity index (χ1v) is 14.0. The van der Waals surface area contributed by atoms with Gasteiger partial charge in [-0.1, -0.05) is 42.5 Å². The van der Waals surface area contributed by atoms with Gasteiger partial charge in [0, 0.05) is 6.04 Å². The SMILES string of the molecule is O=C(Nc1ncnc2c1ncn2C1OC(COc2c(F)cccc2C(=O)O)C2O[C@H](C=Cc3ccccc3)OC21)NC1CC1. The Hall–Kier alpha value is -4.92. The van der Waals surface area contributed by atoms with E-state index in [-0.39, 0.29) is 30.1 Å². The molecule has 14 heteroatoms. The average molecular weight is 603 g/mol. The lowest BCUT2D eigenvalue weighted by Crippen LogP contribution is -2.33. The second-order valence-corrected chi connectivity index (χ2v) is 10.6. The first-order chi connectivity index (χ1) is 21.4. The molecule has 0 bridgehead atoms. The predicted molar refractivity (Wildman–Crippen MR) is 152 cm³/mol. The lowest BCUT2D eigenvalue weighted by molar-refractivity contribution is -0.131. The van der Waals surface area contributed by atoms with Crippen LogP contribution in [-0.2, 0) is 14.2 Å². The Morgan fingerprint density at radius 3 is 2.66 bits per heavy atom. The fourth-order valence-corrected chi connectivity index (χ4v) is 5.24. The highest BCUT2D eigenvalue weighted by Crippen LogP contribution is 2.41. The molecule has 3 fully saturated rings. The smallest absolute Gasteiger partial charge is 0.339 e. The summed E-state index contributed by atoms with van der Waals surface area (Å²) < 4.78 is 40.8. The summed E-state index contributed by atoms with van der Waals surface area (Å²) in [6.45, 7) is -0.229. The van der Waals surface area contributed by atoms with Gasteiger partial charge in [0.2, 0.25) is 0 Å². The highest BCUT2D eigenvalue weighted by molar-refractivity contribution is 5.96. The van der Waals surface area contributed by atoms with Gasteiger partial charge in [-0.25, -0.2) is 28.9 Å². The van der Waals surface area contributed by atoms with Crippen LogP contribution in [0.5, 0.6) is 5.75 Å². The number of carbonyl (C=O) groups is 2. The Bertz CT molecular complexity index is 1730. The number of nitrogens with zero attached hydrogens (tertiary/aromatic N) is 4. The number of urea groups is 1. The van der Waals surface area contributed by atoms with Crippen LogP contribution in [0.4, 0.5) is 15.0 Å². The quantitative estimate of drug-likeness (QED) is 0.258. The third-order valence-electron chi connectivity index (χ3n) is 7.48. The fourth-order valence-electron chi connectivity index (χ4n) is 5.24. The number of fused-ring (bicyclic) bond motifs is 2. The number of halogens is 1. The molecule has 4 aromatic rings. The van der Waals surface area contributed by atoms with Crippen molar-refractivity contribution < 1.29 is 38.0 Å². The molecule has 0 radical (unpaired) electrons. The minimum atomic E-state index is -1.33. The molecule has 226 valence electrons. The molecule has 44 heavy (non-hydrogen) atoms. The zero-order valence-corrected chi connectivity index (χ0v) is 23.1. The first-order valence-electron chi connectivity index (χ1n) is 14.0. The summed E-state index contributed by atoms with van der Waals surface area (Å²) in [6.07, 6.45) is 4.65. The summed E-state index contributed by atoms with van der Waals surface area (Å²) in [5.41, 5.74) is 1.36. The minimum absolute atomic E-state index is 0.159. The van der Waals surface area contributed by atoms with Crippen molar-refractivity contribution in [1.29, 1.82) is 0 Å². The van der Waals surface area contributed by atoms with Crippen LogP contribution in [0.25, 0.3) is 17.2 Å². The van der Waals surface area contributed by atoms with Gasteiger partial charge in [-0.2, -0.15) is 0 Å². The van der Waals surface area contributed by atoms with Crippen LogP contribution in [-0.4, -0.2) is 73.9 Å². The van der Waals surface area contributed by atoms with Crippen molar-refractivity contribution in [2.75, 3.05) is 11.9 Å². The van der Waals surface area contributed by atoms with Crippen LogP contribution in [0.2, 0.25) is 0 Å². The van der Waals surface area contributed by atoms with E-state index >= 15 is 0 Å². The van der Waals surface area contributed by atoms with Crippen LogP contribution in [0.15, 0.2) is 67.3 Å². The maximum absolute atomic E-state index is 14.6. The van der Waals surface area contributed by atoms with Gasteiger partial charge in [-0.05, 0) is 36.6 Å². The Kier molecular flexibility index (Phi) is 7.37. The molecule has 1 aliphatic carbocycles. The van der Waals surface area contributed by atoms with Crippen LogP contribution in [0.1, 0.15) is 35.0 Å². The topological polar surface area (TPSA) is 159 Å². The number of ether oxygens (including phenoxy) is 4. The van der Waals surface area contributed by atoms with E-state index in [9.17, 15) is 19.1 Å². The number of hydrogen-bond donors (Lipinski definition) is 3. The van der Waals surface area contributed by atoms with Crippen molar-refractivity contribution in [3.05, 3.63) is 84.2 Å². The van der Waals surface area contributed by atoms with Gasteiger partial charge in [0.25, 0.3) is 0 Å². The van der Waals surface area contributed by atoms with Gasteiger partial charge in [-0.3, -0.25) is 9.88 Å². The van der Waals surface area contributed by atoms with E-state index in [0.717, 1.165) is 24.5 Å². The summed E-state index contributed by atoms with van der Waals surface area (Å²) in [5.74, 6) is -2.31. The van der Waals surface area contributed by atoms with E-state index in [2.05, 4.69) is 25.6 Å². The van der Waals surface area contributed by atoms with E-state index < -0.39 is 48.4 Å². The highest BCUT2D eigenvalue weighted by atomic mass is 19.1. The number of imidazole rings is 1. The average Bonchev–Trinajstić information content (AvgIpc) is 3.42. The number of anilines is 1. The molecule has 7 rings (SSSR count). The van der Waals surface area contributed by atoms with Crippen molar-refractivity contribution in [1.82, 2.24) is 24.8 Å². The third kappa shape index (κ3) is 5.57. The number of aromatic carboxylic acids is 1. The van der Waals surface area contributed by atoms with Gasteiger partial charge in [0.1, 0.15) is 36.8 Å². The zero-order chi connectivity index (χ0) is 30.2. The molecule has 5 atom stereocenters. The maximum atomic E-state index is 14.6. The van der Waals surface area contributed by atoms with Crippen molar-refractivity contribution in [2.45, 2.75) is 49.7 Å². The summed E-state index contributed by atoms with van der Waals surface area (Å²) in [4.78, 5) is 37.1. The molecule has 2 amide bonds. The zero-order valence-electron chi connectivity index (χ0n) is 23.1. The minimum Gasteiger partial charge on any atom is -0.487 e. The van der Waals surface area contributed by atoms with Gasteiger partial charge in [-0.15, -0.1) is 0 Å². The number of aromatic nitrogens is 4. The number of carboxylic acid groups (broad SMARTS) is 1. The molecular formula is C30H27FN6O7. The number of hydrogen-bond acceptors (Lipinski definition) is 9. The molecule has 2 aromatic carbocycles. The number of carbonyl (C=O) groups excluding carboxylic acids is 1. The molecule has 3 aliphatic rings. The number of amides is 2. The first kappa shape index (κ1) is 27.9. The molecule has 2 aromatic heterocycles. The number of nitrogens with one attached hydrogen (secondary N) is 2. The van der Waals surface area contributed by atoms with Crippen LogP contribution in [0.3, 0.4) is 0 Å². The second kappa shape index (κ2) is 11.6. The molecule has 2 aliphatic heterocycles. The van der Waals surface area contributed by atoms with E-state index in [1.54, 1.807) is 10.6 Å². The third-order valence-corrected chi connectivity index (χ3v) is 7.48. The highest BCUT2D eigenvalue weighted by Gasteiger charge is 2.53. The summed E-state index contributed by atoms with van der Waals surface area (Å²) in [5, 5.41) is 15.1.